The van der Waals surface area contributed by atoms with Crippen molar-refractivity contribution in [3.05, 3.63) is 104 Å². The quantitative estimate of drug-likeness (QED) is 0.147. The Kier molecular flexibility index (Phi) is 15.2. The van der Waals surface area contributed by atoms with E-state index in [1.54, 1.807) is 0 Å². The molecule has 0 spiro atoms. The van der Waals surface area contributed by atoms with Crippen molar-refractivity contribution < 1.29 is 47.0 Å². The molecule has 0 N–H and O–H groups in total. The van der Waals surface area contributed by atoms with Crippen LogP contribution < -0.4 is 15.9 Å². The van der Waals surface area contributed by atoms with Gasteiger partial charge in [-0.15, -0.1) is 5.92 Å². The Morgan fingerprint density at radius 2 is 1.35 bits per heavy atom. The average Bonchev–Trinajstić information content (AvgIpc) is 2.88. The Morgan fingerprint density at radius 1 is 0.850 bits per heavy atom. The van der Waals surface area contributed by atoms with E-state index in [1.165, 1.54) is 23.3 Å². The van der Waals surface area contributed by atoms with Gasteiger partial charge in [0, 0.05) is 38.1 Å². The molecular formula is C35H45O3PY-2. The number of hydrogen-bond acceptors (Lipinski definition) is 3. The Labute approximate surface area is 269 Å². The van der Waals surface area contributed by atoms with Crippen LogP contribution in [-0.4, -0.2) is 18.9 Å². The van der Waals surface area contributed by atoms with Crippen molar-refractivity contribution in [1.82, 2.24) is 0 Å². The van der Waals surface area contributed by atoms with Crippen molar-refractivity contribution >= 4 is 35.6 Å². The third-order valence-electron chi connectivity index (χ3n) is 6.17. The van der Waals surface area contributed by atoms with Gasteiger partial charge in [-0.2, -0.15) is 6.42 Å². The van der Waals surface area contributed by atoms with E-state index >= 15 is 0 Å². The molecule has 0 fully saturated rings. The van der Waals surface area contributed by atoms with E-state index in [2.05, 4.69) is 65.0 Å². The van der Waals surface area contributed by atoms with Gasteiger partial charge in [0.25, 0.3) is 0 Å². The molecular weight excluding hydrogens is 588 g/mol. The van der Waals surface area contributed by atoms with E-state index in [0.29, 0.717) is 5.56 Å². The number of carbonyl (C=O) groups excluding carboxylic acids is 2. The fraction of sp³-hybridized carbons (Fsp3) is 0.371. The minimum Gasteiger partial charge on any atom is -0.465 e. The van der Waals surface area contributed by atoms with Crippen LogP contribution in [0, 0.1) is 30.6 Å². The average molecular weight is 634 g/mol. The van der Waals surface area contributed by atoms with Gasteiger partial charge in [0.2, 0.25) is 0 Å². The monoisotopic (exact) mass is 633 g/mol. The normalized spacial score (nSPS) is 12.1. The number of esters is 1. The van der Waals surface area contributed by atoms with Gasteiger partial charge in [0.05, 0.1) is 12.7 Å². The summed E-state index contributed by atoms with van der Waals surface area (Å²) >= 11 is 0. The molecule has 0 aliphatic rings. The molecule has 40 heavy (non-hydrogen) atoms. The van der Waals surface area contributed by atoms with Crippen molar-refractivity contribution in [3.8, 4) is 0 Å². The molecule has 3 aromatic carbocycles. The number of ether oxygens (including phenoxy) is 1. The first-order valence-electron chi connectivity index (χ1n) is 13.6. The van der Waals surface area contributed by atoms with Crippen LogP contribution in [0.2, 0.25) is 0 Å². The van der Waals surface area contributed by atoms with Gasteiger partial charge in [-0.25, -0.2) is 4.79 Å². The molecule has 0 bridgehead atoms. The zero-order valence-corrected chi connectivity index (χ0v) is 29.1. The molecule has 1 atom stereocenters. The minimum absolute atomic E-state index is 0. The molecule has 0 aliphatic heterocycles. The van der Waals surface area contributed by atoms with Crippen LogP contribution in [0.4, 0.5) is 0 Å². The summed E-state index contributed by atoms with van der Waals surface area (Å²) in [4.78, 5) is 24.2. The fourth-order valence-corrected chi connectivity index (χ4v) is 6.93. The van der Waals surface area contributed by atoms with Crippen molar-refractivity contribution in [3.63, 3.8) is 0 Å². The molecule has 3 aromatic rings. The summed E-state index contributed by atoms with van der Waals surface area (Å²) in [5.74, 6) is -0.0945. The van der Waals surface area contributed by atoms with E-state index in [1.807, 2.05) is 69.3 Å². The summed E-state index contributed by atoms with van der Waals surface area (Å²) in [5.41, 5.74) is 1.77. The first-order valence-corrected chi connectivity index (χ1v) is 14.9. The number of rotatable bonds is 8. The summed E-state index contributed by atoms with van der Waals surface area (Å²) in [6, 6.07) is 26.8. The smallest absolute Gasteiger partial charge is 0.338 e. The Hall–Kier alpha value is -1.67. The second-order valence-corrected chi connectivity index (χ2v) is 14.2. The van der Waals surface area contributed by atoms with E-state index in [0.717, 1.165) is 24.6 Å². The SMILES string of the molecule is [CH2-]C(CC(C)(C)C)C(=O)C(C)(C)C.[CH2-]CCc1ccc(C(=O)OC)c(P(c2ccccc2)c2ccccc2)c1.[Y]. The fourth-order valence-electron chi connectivity index (χ4n) is 4.43. The summed E-state index contributed by atoms with van der Waals surface area (Å²) in [6.07, 6.45) is 2.58. The summed E-state index contributed by atoms with van der Waals surface area (Å²) in [6.45, 7) is 20.2. The van der Waals surface area contributed by atoms with Gasteiger partial charge in [0.15, 0.2) is 0 Å². The van der Waals surface area contributed by atoms with Crippen LogP contribution in [0.1, 0.15) is 70.3 Å². The number of Topliss-reactive ketones (excluding diaryl/α,β-unsaturated/α-hetero) is 1. The number of methoxy groups -OCH3 is 1. The van der Waals surface area contributed by atoms with Gasteiger partial charge in [0.1, 0.15) is 5.78 Å². The summed E-state index contributed by atoms with van der Waals surface area (Å²) in [7, 11) is 0.581. The molecule has 5 heteroatoms. The zero-order valence-electron chi connectivity index (χ0n) is 25.4. The number of hydrogen-bond donors (Lipinski definition) is 0. The second-order valence-electron chi connectivity index (χ2n) is 12.0. The Balaban J connectivity index is 0.000000489. The Morgan fingerprint density at radius 3 is 1.75 bits per heavy atom. The van der Waals surface area contributed by atoms with E-state index < -0.39 is 7.92 Å². The first kappa shape index (κ1) is 36.4. The predicted octanol–water partition coefficient (Wildman–Crippen LogP) is 7.48. The standard InChI is InChI=1S/C23H22O2P.C12H23O.Y/c1-3-10-18-15-16-21(23(24)25-2)22(17-18)26(19-11-6-4-7-12-19)20-13-8-5-9-14-20;1-9(8-11(2,3)4)10(13)12(5,6)7;/h4-9,11-17H,1,3,10H2,2H3;9H,1,8H2,2-7H3;/q2*-1;. The predicted molar refractivity (Wildman–Crippen MR) is 168 cm³/mol. The van der Waals surface area contributed by atoms with Gasteiger partial charge >= 0.3 is 5.97 Å². The summed E-state index contributed by atoms with van der Waals surface area (Å²) < 4.78 is 5.06. The first-order chi connectivity index (χ1) is 18.3. The molecule has 0 saturated heterocycles. The van der Waals surface area contributed by atoms with E-state index in [-0.39, 0.29) is 61.2 Å². The van der Waals surface area contributed by atoms with Crippen LogP contribution in [0.15, 0.2) is 78.9 Å². The van der Waals surface area contributed by atoms with Crippen LogP contribution in [-0.2, 0) is 48.7 Å². The molecule has 3 rings (SSSR count). The van der Waals surface area contributed by atoms with Crippen molar-refractivity contribution in [1.29, 1.82) is 0 Å². The van der Waals surface area contributed by atoms with Gasteiger partial charge in [-0.3, -0.25) is 0 Å². The van der Waals surface area contributed by atoms with Crippen molar-refractivity contribution in [2.75, 3.05) is 7.11 Å². The maximum absolute atomic E-state index is 12.4. The molecule has 1 unspecified atom stereocenters. The number of carbonyl (C=O) groups is 2. The summed E-state index contributed by atoms with van der Waals surface area (Å²) in [5, 5.41) is 3.46. The van der Waals surface area contributed by atoms with Crippen molar-refractivity contribution in [2.24, 2.45) is 16.7 Å². The number of aryl methyl sites for hydroxylation is 1. The molecule has 0 heterocycles. The second kappa shape index (κ2) is 16.7. The largest absolute Gasteiger partial charge is 0.465 e. The Bertz CT molecular complexity index is 1160. The number of benzene rings is 3. The zero-order chi connectivity index (χ0) is 29.2. The van der Waals surface area contributed by atoms with Gasteiger partial charge in [-0.1, -0.05) is 121 Å². The van der Waals surface area contributed by atoms with Crippen molar-refractivity contribution in [2.45, 2.75) is 60.8 Å². The van der Waals surface area contributed by atoms with Crippen LogP contribution in [0.25, 0.3) is 0 Å². The van der Waals surface area contributed by atoms with Crippen LogP contribution in [0.3, 0.4) is 0 Å². The third kappa shape index (κ3) is 11.3. The van der Waals surface area contributed by atoms with E-state index in [4.69, 9.17) is 4.74 Å². The molecule has 0 aliphatic carbocycles. The third-order valence-corrected chi connectivity index (χ3v) is 8.65. The minimum atomic E-state index is -0.853. The molecule has 0 amide bonds. The topological polar surface area (TPSA) is 43.4 Å². The molecule has 0 saturated carbocycles. The van der Waals surface area contributed by atoms with Gasteiger partial charge < -0.3 is 23.4 Å². The van der Waals surface area contributed by atoms with Crippen LogP contribution in [0.5, 0.6) is 0 Å². The maximum atomic E-state index is 12.4. The molecule has 1 radical (unpaired) electrons. The molecule has 213 valence electrons. The van der Waals surface area contributed by atoms with Gasteiger partial charge in [-0.05, 0) is 46.9 Å². The van der Waals surface area contributed by atoms with E-state index in [9.17, 15) is 9.59 Å². The number of ketones is 1. The molecule has 0 aromatic heterocycles. The molecule has 3 nitrogen and oxygen atoms in total. The van der Waals surface area contributed by atoms with Crippen LogP contribution >= 0.6 is 7.92 Å². The maximum Gasteiger partial charge on any atom is 0.338 e.